The second-order valence-electron chi connectivity index (χ2n) is 13.0. The van der Waals surface area contributed by atoms with Gasteiger partial charge in [-0.15, -0.1) is 0 Å². The average molecular weight is 691 g/mol. The van der Waals surface area contributed by atoms with Crippen LogP contribution in [-0.2, 0) is 5.41 Å². The van der Waals surface area contributed by atoms with Crippen LogP contribution in [0.2, 0.25) is 0 Å². The Morgan fingerprint density at radius 3 is 1.15 bits per heavy atom. The van der Waals surface area contributed by atoms with Crippen LogP contribution in [0.1, 0.15) is 43.0 Å². The van der Waals surface area contributed by atoms with E-state index in [1.54, 1.807) is 48.5 Å². The van der Waals surface area contributed by atoms with Crippen molar-refractivity contribution in [2.45, 2.75) is 5.41 Å². The summed E-state index contributed by atoms with van der Waals surface area (Å²) in [7, 11) is 0. The summed E-state index contributed by atoms with van der Waals surface area (Å²) in [6.07, 6.45) is 0. The molecule has 0 aromatic heterocycles. The number of hydrogen-bond acceptors (Lipinski definition) is 4. The van der Waals surface area contributed by atoms with Gasteiger partial charge < -0.3 is 19.7 Å². The fourth-order valence-electron chi connectivity index (χ4n) is 7.94. The van der Waals surface area contributed by atoms with Gasteiger partial charge in [-0.05, 0) is 105 Å². The van der Waals surface area contributed by atoms with Crippen molar-refractivity contribution in [3.05, 3.63) is 203 Å². The van der Waals surface area contributed by atoms with Gasteiger partial charge in [-0.2, -0.15) is 0 Å². The highest BCUT2D eigenvalue weighted by Crippen LogP contribution is 2.59. The van der Waals surface area contributed by atoms with E-state index < -0.39 is 17.4 Å². The van der Waals surface area contributed by atoms with Gasteiger partial charge in [-0.1, -0.05) is 109 Å². The second-order valence-corrected chi connectivity index (χ2v) is 13.0. The van der Waals surface area contributed by atoms with Gasteiger partial charge in [0.05, 0.1) is 16.5 Å². The maximum atomic E-state index is 11.5. The second kappa shape index (κ2) is 12.5. The average Bonchev–Trinajstić information content (AvgIpc) is 3.49. The highest BCUT2D eigenvalue weighted by molar-refractivity contribution is 6.01. The molecule has 8 aromatic rings. The summed E-state index contributed by atoms with van der Waals surface area (Å²) in [6.45, 7) is 0. The maximum absolute atomic E-state index is 11.5. The number of carbonyl (C=O) groups is 2. The minimum Gasteiger partial charge on any atom is -0.478 e. The van der Waals surface area contributed by atoms with E-state index in [4.69, 9.17) is 9.47 Å². The number of carboxylic acid groups (broad SMARTS) is 2. The first-order valence-electron chi connectivity index (χ1n) is 17.2. The fourth-order valence-corrected chi connectivity index (χ4v) is 7.94. The first kappa shape index (κ1) is 31.8. The highest BCUT2D eigenvalue weighted by atomic mass is 16.5. The largest absolute Gasteiger partial charge is 0.478 e. The van der Waals surface area contributed by atoms with Gasteiger partial charge in [-0.3, -0.25) is 0 Å². The molecule has 0 fully saturated rings. The standard InChI is InChI=1S/C47H30O6/c48-45(49)29-21-25-31(26-22-29)52-43-19-7-11-35-37(43)13-5-17-41(35)47(39-15-3-1-9-33(39)34-10-2-4-16-40(34)47)42-18-6-14-38-36(42)12-8-20-44(38)53-32-27-23-30(24-28-32)46(50)51/h1-28H,(H,48,49)(H,50,51). The molecule has 9 rings (SSSR count). The van der Waals surface area contributed by atoms with Crippen molar-refractivity contribution >= 4 is 33.5 Å². The van der Waals surface area contributed by atoms with Gasteiger partial charge in [0.2, 0.25) is 0 Å². The molecule has 0 bridgehead atoms. The third-order valence-corrected chi connectivity index (χ3v) is 10.2. The summed E-state index contributed by atoms with van der Waals surface area (Å²) in [5, 5.41) is 22.7. The van der Waals surface area contributed by atoms with Crippen LogP contribution in [0, 0.1) is 0 Å². The van der Waals surface area contributed by atoms with Crippen LogP contribution < -0.4 is 9.47 Å². The molecule has 0 saturated carbocycles. The van der Waals surface area contributed by atoms with E-state index >= 15 is 0 Å². The number of fused-ring (bicyclic) bond motifs is 5. The molecule has 0 heterocycles. The lowest BCUT2D eigenvalue weighted by Gasteiger charge is -2.36. The van der Waals surface area contributed by atoms with Crippen LogP contribution in [-0.4, -0.2) is 22.2 Å². The lowest BCUT2D eigenvalue weighted by molar-refractivity contribution is 0.0686. The molecule has 254 valence electrons. The molecule has 0 radical (unpaired) electrons. The van der Waals surface area contributed by atoms with Crippen molar-refractivity contribution in [3.63, 3.8) is 0 Å². The van der Waals surface area contributed by atoms with E-state index in [-0.39, 0.29) is 11.1 Å². The van der Waals surface area contributed by atoms with Gasteiger partial charge in [0.15, 0.2) is 0 Å². The van der Waals surface area contributed by atoms with Crippen LogP contribution in [0.4, 0.5) is 0 Å². The highest BCUT2D eigenvalue weighted by Gasteiger charge is 2.47. The third kappa shape index (κ3) is 5.11. The molecule has 1 aliphatic carbocycles. The van der Waals surface area contributed by atoms with Crippen molar-refractivity contribution < 1.29 is 29.3 Å². The van der Waals surface area contributed by atoms with Gasteiger partial charge in [0.25, 0.3) is 0 Å². The Balaban J connectivity index is 1.29. The van der Waals surface area contributed by atoms with Crippen molar-refractivity contribution in [1.29, 1.82) is 0 Å². The SMILES string of the molecule is O=C(O)c1ccc(Oc2cccc3c(C4(c5cccc6c(Oc7ccc(C(=O)O)cc7)cccc56)c5ccccc5-c5ccccc54)cccc23)cc1. The molecule has 0 aliphatic heterocycles. The van der Waals surface area contributed by atoms with Gasteiger partial charge in [0.1, 0.15) is 23.0 Å². The summed E-state index contributed by atoms with van der Waals surface area (Å²) >= 11 is 0. The number of carboxylic acids is 2. The molecular formula is C47H30O6. The van der Waals surface area contributed by atoms with Crippen LogP contribution in [0.15, 0.2) is 170 Å². The molecule has 0 atom stereocenters. The van der Waals surface area contributed by atoms with Gasteiger partial charge >= 0.3 is 11.9 Å². The van der Waals surface area contributed by atoms with Crippen molar-refractivity contribution in [1.82, 2.24) is 0 Å². The zero-order chi connectivity index (χ0) is 36.1. The summed E-state index contributed by atoms with van der Waals surface area (Å²) in [5.74, 6) is 0.414. The Kier molecular flexibility index (Phi) is 7.52. The molecular weight excluding hydrogens is 661 g/mol. The number of rotatable bonds is 8. The van der Waals surface area contributed by atoms with Gasteiger partial charge in [-0.25, -0.2) is 9.59 Å². The quantitative estimate of drug-likeness (QED) is 0.165. The Morgan fingerprint density at radius 2 is 0.736 bits per heavy atom. The molecule has 8 aromatic carbocycles. The Morgan fingerprint density at radius 1 is 0.377 bits per heavy atom. The van der Waals surface area contributed by atoms with E-state index in [2.05, 4.69) is 97.1 Å². The fraction of sp³-hybridized carbons (Fsp3) is 0.0213. The molecule has 1 aliphatic rings. The lowest BCUT2D eigenvalue weighted by atomic mass is 9.65. The van der Waals surface area contributed by atoms with E-state index in [1.807, 2.05) is 24.3 Å². The minimum atomic E-state index is -0.990. The molecule has 0 amide bonds. The molecule has 2 N–H and O–H groups in total. The molecule has 53 heavy (non-hydrogen) atoms. The Hall–Kier alpha value is -7.18. The third-order valence-electron chi connectivity index (χ3n) is 10.2. The molecule has 6 nitrogen and oxygen atoms in total. The predicted molar refractivity (Wildman–Crippen MR) is 206 cm³/mol. The van der Waals surface area contributed by atoms with Crippen molar-refractivity contribution in [2.24, 2.45) is 0 Å². The topological polar surface area (TPSA) is 93.1 Å². The van der Waals surface area contributed by atoms with E-state index in [9.17, 15) is 19.8 Å². The summed E-state index contributed by atoms with van der Waals surface area (Å²) < 4.78 is 12.9. The van der Waals surface area contributed by atoms with Crippen LogP contribution >= 0.6 is 0 Å². The van der Waals surface area contributed by atoms with Crippen molar-refractivity contribution in [3.8, 4) is 34.1 Å². The zero-order valence-electron chi connectivity index (χ0n) is 28.2. The van der Waals surface area contributed by atoms with Crippen molar-refractivity contribution in [2.75, 3.05) is 0 Å². The first-order chi connectivity index (χ1) is 25.9. The Bertz CT molecular complexity index is 2540. The van der Waals surface area contributed by atoms with Crippen LogP contribution in [0.25, 0.3) is 32.7 Å². The van der Waals surface area contributed by atoms with E-state index in [1.165, 1.54) is 0 Å². The minimum absolute atomic E-state index is 0.192. The summed E-state index contributed by atoms with van der Waals surface area (Å²) in [6, 6.07) is 54.9. The number of ether oxygens (including phenoxy) is 2. The number of aromatic carboxylic acids is 2. The lowest BCUT2D eigenvalue weighted by Crippen LogP contribution is -2.29. The van der Waals surface area contributed by atoms with Crippen LogP contribution in [0.5, 0.6) is 23.0 Å². The predicted octanol–water partition coefficient (Wildman–Crippen LogP) is 11.3. The summed E-state index contributed by atoms with van der Waals surface area (Å²) in [4.78, 5) is 23.0. The monoisotopic (exact) mass is 690 g/mol. The van der Waals surface area contributed by atoms with Crippen LogP contribution in [0.3, 0.4) is 0 Å². The molecule has 0 saturated heterocycles. The first-order valence-corrected chi connectivity index (χ1v) is 17.2. The molecule has 6 heteroatoms. The van der Waals surface area contributed by atoms with E-state index in [0.717, 1.165) is 54.9 Å². The smallest absolute Gasteiger partial charge is 0.335 e. The molecule has 0 unspecified atom stereocenters. The normalized spacial score (nSPS) is 12.6. The van der Waals surface area contributed by atoms with Gasteiger partial charge in [0, 0.05) is 10.8 Å². The number of hydrogen-bond donors (Lipinski definition) is 2. The van der Waals surface area contributed by atoms with E-state index in [0.29, 0.717) is 23.0 Å². The number of benzene rings is 8. The summed E-state index contributed by atoms with van der Waals surface area (Å²) in [5.41, 5.74) is 6.44. The molecule has 0 spiro atoms. The zero-order valence-corrected chi connectivity index (χ0v) is 28.2. The Labute approximate surface area is 304 Å². The maximum Gasteiger partial charge on any atom is 0.335 e.